The molecule has 0 saturated carbocycles. The predicted molar refractivity (Wildman–Crippen MR) is 68.9 cm³/mol. The zero-order chi connectivity index (χ0) is 10.8. The predicted octanol–water partition coefficient (Wildman–Crippen LogP) is 4.53. The number of halogens is 2. The highest BCUT2D eigenvalue weighted by molar-refractivity contribution is 9.10. The molecule has 0 N–H and O–H groups in total. The van der Waals surface area contributed by atoms with Crippen molar-refractivity contribution < 1.29 is 4.74 Å². The van der Waals surface area contributed by atoms with Crippen LogP contribution < -0.4 is 0 Å². The molecule has 0 radical (unpaired) electrons. The average Bonchev–Trinajstić information content (AvgIpc) is 2.59. The van der Waals surface area contributed by atoms with Gasteiger partial charge in [-0.3, -0.25) is 0 Å². The number of alkyl halides is 1. The van der Waals surface area contributed by atoms with Gasteiger partial charge in [-0.15, -0.1) is 22.9 Å². The molecule has 1 aromatic rings. The summed E-state index contributed by atoms with van der Waals surface area (Å²) in [4.78, 5) is 2.59. The van der Waals surface area contributed by atoms with Crippen LogP contribution in [0.2, 0.25) is 0 Å². The van der Waals surface area contributed by atoms with Crippen molar-refractivity contribution in [1.29, 1.82) is 0 Å². The molecule has 84 valence electrons. The lowest BCUT2D eigenvalue weighted by Crippen LogP contribution is -2.18. The van der Waals surface area contributed by atoms with Gasteiger partial charge in [-0.2, -0.15) is 0 Å². The number of thiophene rings is 1. The Labute approximate surface area is 108 Å². The second-order valence-corrected chi connectivity index (χ2v) is 6.52. The van der Waals surface area contributed by atoms with Crippen LogP contribution in [0.15, 0.2) is 10.5 Å². The summed E-state index contributed by atoms with van der Waals surface area (Å²) in [6.45, 7) is 3.84. The molecular formula is C11H14BrClOS. The van der Waals surface area contributed by atoms with Crippen molar-refractivity contribution >= 4 is 38.9 Å². The summed E-state index contributed by atoms with van der Waals surface area (Å²) < 4.78 is 6.53. The molecule has 0 spiro atoms. The summed E-state index contributed by atoms with van der Waals surface area (Å²) in [5.41, 5.74) is 0. The molecule has 0 amide bonds. The van der Waals surface area contributed by atoms with E-state index in [0.29, 0.717) is 5.92 Å². The third-order valence-electron chi connectivity index (χ3n) is 2.83. The van der Waals surface area contributed by atoms with Crippen molar-refractivity contribution in [2.45, 2.75) is 25.1 Å². The first-order valence-electron chi connectivity index (χ1n) is 5.16. The first kappa shape index (κ1) is 11.9. The maximum Gasteiger partial charge on any atom is 0.0708 e. The van der Waals surface area contributed by atoms with Gasteiger partial charge < -0.3 is 4.74 Å². The van der Waals surface area contributed by atoms with Crippen LogP contribution in [-0.4, -0.2) is 13.2 Å². The molecule has 4 heteroatoms. The van der Waals surface area contributed by atoms with Crippen LogP contribution in [0, 0.1) is 12.8 Å². The summed E-state index contributed by atoms with van der Waals surface area (Å²) in [5, 5.41) is 0.156. The van der Waals surface area contributed by atoms with Crippen molar-refractivity contribution in [1.82, 2.24) is 0 Å². The Morgan fingerprint density at radius 1 is 1.53 bits per heavy atom. The van der Waals surface area contributed by atoms with Crippen LogP contribution in [0.4, 0.5) is 0 Å². The molecule has 2 heterocycles. The molecule has 1 atom stereocenters. The van der Waals surface area contributed by atoms with Crippen LogP contribution in [-0.2, 0) is 4.74 Å². The maximum atomic E-state index is 6.50. The zero-order valence-corrected chi connectivity index (χ0v) is 11.8. The molecule has 0 bridgehead atoms. The first-order valence-corrected chi connectivity index (χ1v) is 7.20. The largest absolute Gasteiger partial charge is 0.381 e. The van der Waals surface area contributed by atoms with E-state index in [9.17, 15) is 0 Å². The molecule has 1 aromatic heterocycles. The molecule has 0 aliphatic carbocycles. The highest BCUT2D eigenvalue weighted by atomic mass is 79.9. The molecule has 1 unspecified atom stereocenters. The number of aryl methyl sites for hydroxylation is 1. The normalized spacial score (nSPS) is 20.5. The number of rotatable bonds is 2. The lowest BCUT2D eigenvalue weighted by molar-refractivity contribution is 0.0653. The third kappa shape index (κ3) is 2.76. The van der Waals surface area contributed by atoms with Crippen molar-refractivity contribution in [3.05, 3.63) is 20.3 Å². The van der Waals surface area contributed by atoms with Crippen LogP contribution in [0.1, 0.15) is 28.0 Å². The summed E-state index contributed by atoms with van der Waals surface area (Å²) in [7, 11) is 0. The summed E-state index contributed by atoms with van der Waals surface area (Å²) in [5.74, 6) is 0.574. The van der Waals surface area contributed by atoms with Gasteiger partial charge in [0.25, 0.3) is 0 Å². The second kappa shape index (κ2) is 5.17. The SMILES string of the molecule is Cc1sc(C(Cl)C2CCOCC2)cc1Br. The zero-order valence-electron chi connectivity index (χ0n) is 8.63. The minimum absolute atomic E-state index is 0.156. The van der Waals surface area contributed by atoms with Crippen LogP contribution in [0.25, 0.3) is 0 Å². The summed E-state index contributed by atoms with van der Waals surface area (Å²) in [6, 6.07) is 2.16. The lowest BCUT2D eigenvalue weighted by atomic mass is 9.95. The van der Waals surface area contributed by atoms with E-state index >= 15 is 0 Å². The molecule has 15 heavy (non-hydrogen) atoms. The van der Waals surface area contributed by atoms with Crippen LogP contribution in [0.5, 0.6) is 0 Å². The third-order valence-corrected chi connectivity index (χ3v) is 5.77. The van der Waals surface area contributed by atoms with E-state index in [-0.39, 0.29) is 5.38 Å². The van der Waals surface area contributed by atoms with E-state index in [0.717, 1.165) is 26.1 Å². The molecule has 2 rings (SSSR count). The number of hydrogen-bond donors (Lipinski definition) is 0. The van der Waals surface area contributed by atoms with Gasteiger partial charge in [-0.25, -0.2) is 0 Å². The van der Waals surface area contributed by atoms with E-state index in [1.165, 1.54) is 14.2 Å². The molecule has 1 aliphatic heterocycles. The van der Waals surface area contributed by atoms with Gasteiger partial charge in [-0.1, -0.05) is 0 Å². The van der Waals surface area contributed by atoms with Gasteiger partial charge in [0.1, 0.15) is 0 Å². The molecule has 1 saturated heterocycles. The Morgan fingerprint density at radius 3 is 2.73 bits per heavy atom. The van der Waals surface area contributed by atoms with Gasteiger partial charge in [0.2, 0.25) is 0 Å². The van der Waals surface area contributed by atoms with Crippen molar-refractivity contribution in [3.63, 3.8) is 0 Å². The van der Waals surface area contributed by atoms with E-state index in [4.69, 9.17) is 16.3 Å². The Kier molecular flexibility index (Phi) is 4.10. The van der Waals surface area contributed by atoms with E-state index in [1.54, 1.807) is 11.3 Å². The van der Waals surface area contributed by atoms with Crippen molar-refractivity contribution in [2.75, 3.05) is 13.2 Å². The molecule has 0 aromatic carbocycles. The Hall–Kier alpha value is 0.430. The smallest absolute Gasteiger partial charge is 0.0708 e. The van der Waals surface area contributed by atoms with E-state index < -0.39 is 0 Å². The van der Waals surface area contributed by atoms with Gasteiger partial charge in [0.05, 0.1) is 5.38 Å². The highest BCUT2D eigenvalue weighted by Gasteiger charge is 2.25. The van der Waals surface area contributed by atoms with Crippen LogP contribution in [0.3, 0.4) is 0 Å². The maximum absolute atomic E-state index is 6.50. The second-order valence-electron chi connectivity index (χ2n) is 3.90. The minimum atomic E-state index is 0.156. The van der Waals surface area contributed by atoms with Gasteiger partial charge in [-0.05, 0) is 47.7 Å². The lowest BCUT2D eigenvalue weighted by Gasteiger charge is -2.25. The highest BCUT2D eigenvalue weighted by Crippen LogP contribution is 2.40. The topological polar surface area (TPSA) is 9.23 Å². The van der Waals surface area contributed by atoms with Gasteiger partial charge in [0.15, 0.2) is 0 Å². The number of hydrogen-bond acceptors (Lipinski definition) is 2. The number of ether oxygens (including phenoxy) is 1. The summed E-state index contributed by atoms with van der Waals surface area (Å²) >= 11 is 11.8. The fourth-order valence-electron chi connectivity index (χ4n) is 1.86. The molecule has 1 aliphatic rings. The van der Waals surface area contributed by atoms with Crippen molar-refractivity contribution in [2.24, 2.45) is 5.92 Å². The minimum Gasteiger partial charge on any atom is -0.381 e. The average molecular weight is 310 g/mol. The van der Waals surface area contributed by atoms with Gasteiger partial charge in [0, 0.05) is 27.4 Å². The Bertz CT molecular complexity index is 314. The monoisotopic (exact) mass is 308 g/mol. The summed E-state index contributed by atoms with van der Waals surface area (Å²) in [6.07, 6.45) is 2.17. The van der Waals surface area contributed by atoms with Crippen molar-refractivity contribution in [3.8, 4) is 0 Å². The molecule has 1 nitrogen and oxygen atoms in total. The Morgan fingerprint density at radius 2 is 2.20 bits per heavy atom. The fourth-order valence-corrected chi connectivity index (χ4v) is 3.94. The molecule has 1 fully saturated rings. The van der Waals surface area contributed by atoms with E-state index in [2.05, 4.69) is 28.9 Å². The van der Waals surface area contributed by atoms with Gasteiger partial charge >= 0.3 is 0 Å². The molecular weight excluding hydrogens is 296 g/mol. The fraction of sp³-hybridized carbons (Fsp3) is 0.636. The standard InChI is InChI=1S/C11H14BrClOS/c1-7-9(12)6-10(15-7)11(13)8-2-4-14-5-3-8/h6,8,11H,2-5H2,1H3. The van der Waals surface area contributed by atoms with E-state index in [1.807, 2.05) is 0 Å². The Balaban J connectivity index is 2.08. The first-order chi connectivity index (χ1) is 7.18. The van der Waals surface area contributed by atoms with Crippen LogP contribution >= 0.6 is 38.9 Å². The quantitative estimate of drug-likeness (QED) is 0.730.